The highest BCUT2D eigenvalue weighted by Crippen LogP contribution is 2.29. The topological polar surface area (TPSA) is 83.4 Å². The fourth-order valence-electron chi connectivity index (χ4n) is 3.67. The third-order valence-corrected chi connectivity index (χ3v) is 5.55. The maximum Gasteiger partial charge on any atom is 0.243 e. The Balaban J connectivity index is 1.85. The van der Waals surface area contributed by atoms with E-state index < -0.39 is 12.1 Å². The minimum atomic E-state index is -0.612. The molecule has 0 bridgehead atoms. The number of aliphatic hydroxyl groups excluding tert-OH is 1. The van der Waals surface area contributed by atoms with E-state index in [4.69, 9.17) is 0 Å². The monoisotopic (exact) mass is 383 g/mol. The standard InChI is InChI=1S/C22H29N3O3/c1-5-22(3,4)25-12-15(16-8-6-7-9-19(16)25)11-18-21(28)23-17(20(27)24-18)10-14(2)13-26/h5-9,12,14,17-18,26H,1,10-11,13H2,2-4H3,(H,23,28)(H,24,27)/t14-,17-,18-/m0/s1. The fourth-order valence-corrected chi connectivity index (χ4v) is 3.67. The zero-order valence-corrected chi connectivity index (χ0v) is 16.7. The SMILES string of the molecule is C=CC(C)(C)n1cc(C[C@@H]2NC(=O)[C@H](C[C@H](C)CO)NC2=O)c2ccccc21. The molecule has 0 saturated carbocycles. The van der Waals surface area contributed by atoms with Crippen molar-refractivity contribution in [1.29, 1.82) is 0 Å². The molecule has 1 aromatic heterocycles. The highest BCUT2D eigenvalue weighted by molar-refractivity contribution is 5.97. The molecule has 1 aliphatic heterocycles. The summed E-state index contributed by atoms with van der Waals surface area (Å²) in [5.41, 5.74) is 1.80. The van der Waals surface area contributed by atoms with Crippen LogP contribution in [-0.2, 0) is 21.5 Å². The molecule has 0 unspecified atom stereocenters. The normalized spacial score (nSPS) is 21.3. The van der Waals surface area contributed by atoms with Crippen molar-refractivity contribution >= 4 is 22.7 Å². The molecule has 6 nitrogen and oxygen atoms in total. The molecule has 0 spiro atoms. The first kappa shape index (κ1) is 20.1. The Labute approximate surface area is 165 Å². The molecule has 2 aromatic rings. The van der Waals surface area contributed by atoms with Gasteiger partial charge in [-0.15, -0.1) is 6.58 Å². The van der Waals surface area contributed by atoms with Crippen LogP contribution < -0.4 is 10.6 Å². The van der Waals surface area contributed by atoms with E-state index in [0.717, 1.165) is 16.5 Å². The van der Waals surface area contributed by atoms with E-state index in [1.165, 1.54) is 0 Å². The Bertz CT molecular complexity index is 900. The van der Waals surface area contributed by atoms with E-state index in [9.17, 15) is 14.7 Å². The van der Waals surface area contributed by atoms with E-state index in [2.05, 4.69) is 41.7 Å². The van der Waals surface area contributed by atoms with Crippen molar-refractivity contribution in [2.45, 2.75) is 51.2 Å². The number of aromatic nitrogens is 1. The third kappa shape index (κ3) is 3.83. The molecule has 3 atom stereocenters. The summed E-state index contributed by atoms with van der Waals surface area (Å²) in [7, 11) is 0. The molecule has 28 heavy (non-hydrogen) atoms. The van der Waals surface area contributed by atoms with Gasteiger partial charge in [-0.2, -0.15) is 0 Å². The summed E-state index contributed by atoms with van der Waals surface area (Å²) in [5, 5.41) is 15.9. The lowest BCUT2D eigenvalue weighted by Gasteiger charge is -2.30. The number of fused-ring (bicyclic) bond motifs is 1. The van der Waals surface area contributed by atoms with Gasteiger partial charge in [0.2, 0.25) is 11.8 Å². The second-order valence-electron chi connectivity index (χ2n) is 8.25. The Morgan fingerprint density at radius 3 is 2.54 bits per heavy atom. The number of nitrogens with zero attached hydrogens (tertiary/aromatic N) is 1. The van der Waals surface area contributed by atoms with Crippen molar-refractivity contribution < 1.29 is 14.7 Å². The summed E-state index contributed by atoms with van der Waals surface area (Å²) < 4.78 is 2.15. The van der Waals surface area contributed by atoms with Gasteiger partial charge in [0.15, 0.2) is 0 Å². The Hall–Kier alpha value is -2.60. The Morgan fingerprint density at radius 2 is 1.86 bits per heavy atom. The van der Waals surface area contributed by atoms with Gasteiger partial charge in [-0.05, 0) is 37.8 Å². The van der Waals surface area contributed by atoms with Crippen LogP contribution in [-0.4, -0.2) is 40.2 Å². The maximum atomic E-state index is 12.6. The lowest BCUT2D eigenvalue weighted by atomic mass is 9.97. The minimum Gasteiger partial charge on any atom is -0.396 e. The number of carbonyl (C=O) groups excluding carboxylic acids is 2. The highest BCUT2D eigenvalue weighted by Gasteiger charge is 2.35. The fraction of sp³-hybridized carbons (Fsp3) is 0.455. The summed E-state index contributed by atoms with van der Waals surface area (Å²) in [6.45, 7) is 9.94. The van der Waals surface area contributed by atoms with Crippen molar-refractivity contribution in [3.8, 4) is 0 Å². The smallest absolute Gasteiger partial charge is 0.243 e. The molecule has 2 heterocycles. The van der Waals surface area contributed by atoms with Gasteiger partial charge in [-0.25, -0.2) is 0 Å². The number of nitrogens with one attached hydrogen (secondary N) is 2. The van der Waals surface area contributed by atoms with Crippen molar-refractivity contribution in [1.82, 2.24) is 15.2 Å². The number of hydrogen-bond donors (Lipinski definition) is 3. The van der Waals surface area contributed by atoms with Crippen LogP contribution in [0.3, 0.4) is 0 Å². The Kier molecular flexibility index (Phi) is 5.61. The van der Waals surface area contributed by atoms with Gasteiger partial charge in [0.1, 0.15) is 12.1 Å². The molecule has 0 aliphatic carbocycles. The third-order valence-electron chi connectivity index (χ3n) is 5.55. The first-order valence-corrected chi connectivity index (χ1v) is 9.71. The van der Waals surface area contributed by atoms with Gasteiger partial charge in [0.05, 0.1) is 5.54 Å². The minimum absolute atomic E-state index is 0.0122. The second-order valence-corrected chi connectivity index (χ2v) is 8.25. The molecular formula is C22H29N3O3. The number of aliphatic hydroxyl groups is 1. The summed E-state index contributed by atoms with van der Waals surface area (Å²) in [6.07, 6.45) is 4.78. The first-order chi connectivity index (χ1) is 13.3. The van der Waals surface area contributed by atoms with Crippen LogP contribution in [0.5, 0.6) is 0 Å². The van der Waals surface area contributed by atoms with Crippen molar-refractivity contribution in [2.24, 2.45) is 5.92 Å². The van der Waals surface area contributed by atoms with Crippen molar-refractivity contribution in [3.05, 3.63) is 48.7 Å². The molecule has 6 heteroatoms. The first-order valence-electron chi connectivity index (χ1n) is 9.71. The van der Waals surface area contributed by atoms with Gasteiger partial charge < -0.3 is 20.3 Å². The molecule has 1 aromatic carbocycles. The summed E-state index contributed by atoms with van der Waals surface area (Å²) >= 11 is 0. The zero-order chi connectivity index (χ0) is 20.5. The molecule has 0 radical (unpaired) electrons. The lowest BCUT2D eigenvalue weighted by molar-refractivity contribution is -0.137. The van der Waals surface area contributed by atoms with Gasteiger partial charge in [0.25, 0.3) is 0 Å². The van der Waals surface area contributed by atoms with E-state index >= 15 is 0 Å². The molecule has 1 fully saturated rings. The van der Waals surface area contributed by atoms with Gasteiger partial charge in [-0.1, -0.05) is 31.2 Å². The van der Waals surface area contributed by atoms with Gasteiger partial charge >= 0.3 is 0 Å². The van der Waals surface area contributed by atoms with Gasteiger partial charge in [0, 0.05) is 30.1 Å². The molecule has 150 valence electrons. The number of rotatable bonds is 7. The predicted octanol–water partition coefficient (Wildman–Crippen LogP) is 2.11. The lowest BCUT2D eigenvalue weighted by Crippen LogP contribution is -2.62. The van der Waals surface area contributed by atoms with Crippen LogP contribution in [0.15, 0.2) is 43.1 Å². The van der Waals surface area contributed by atoms with Crippen molar-refractivity contribution in [2.75, 3.05) is 6.61 Å². The largest absolute Gasteiger partial charge is 0.396 e. The van der Waals surface area contributed by atoms with E-state index in [-0.39, 0.29) is 29.9 Å². The summed E-state index contributed by atoms with van der Waals surface area (Å²) in [5.74, 6) is -0.429. The average Bonchev–Trinajstić information content (AvgIpc) is 3.05. The molecule has 3 rings (SSSR count). The predicted molar refractivity (Wildman–Crippen MR) is 110 cm³/mol. The number of piperazine rings is 1. The molecular weight excluding hydrogens is 354 g/mol. The van der Waals surface area contributed by atoms with Crippen LogP contribution in [0.2, 0.25) is 0 Å². The molecule has 1 saturated heterocycles. The summed E-state index contributed by atoms with van der Waals surface area (Å²) in [6, 6.07) is 6.85. The van der Waals surface area contributed by atoms with Gasteiger partial charge in [-0.3, -0.25) is 9.59 Å². The van der Waals surface area contributed by atoms with Crippen LogP contribution in [0, 0.1) is 5.92 Å². The second kappa shape index (κ2) is 7.80. The van der Waals surface area contributed by atoms with E-state index in [1.54, 1.807) is 0 Å². The number of amides is 2. The highest BCUT2D eigenvalue weighted by atomic mass is 16.3. The maximum absolute atomic E-state index is 12.6. The van der Waals surface area contributed by atoms with Crippen LogP contribution in [0.1, 0.15) is 32.8 Å². The van der Waals surface area contributed by atoms with E-state index in [0.29, 0.717) is 12.8 Å². The van der Waals surface area contributed by atoms with Crippen LogP contribution in [0.4, 0.5) is 0 Å². The molecule has 1 aliphatic rings. The molecule has 2 amide bonds. The number of carbonyl (C=O) groups is 2. The van der Waals surface area contributed by atoms with Crippen LogP contribution in [0.25, 0.3) is 10.9 Å². The average molecular weight is 383 g/mol. The number of hydrogen-bond acceptors (Lipinski definition) is 3. The van der Waals surface area contributed by atoms with Crippen molar-refractivity contribution in [3.63, 3.8) is 0 Å². The number of allylic oxidation sites excluding steroid dienone is 1. The summed E-state index contributed by atoms with van der Waals surface area (Å²) in [4.78, 5) is 25.0. The number of benzene rings is 1. The molecule has 3 N–H and O–H groups in total. The zero-order valence-electron chi connectivity index (χ0n) is 16.7. The van der Waals surface area contributed by atoms with E-state index in [1.807, 2.05) is 37.4 Å². The van der Waals surface area contributed by atoms with Crippen LogP contribution >= 0.6 is 0 Å². The quantitative estimate of drug-likeness (QED) is 0.641. The number of para-hydroxylation sites is 1. The Morgan fingerprint density at radius 1 is 1.21 bits per heavy atom.